The lowest BCUT2D eigenvalue weighted by atomic mass is 9.89. The number of hydrogen-bond donors (Lipinski definition) is 1. The van der Waals surface area contributed by atoms with Crippen LogP contribution >= 0.6 is 0 Å². The van der Waals surface area contributed by atoms with Crippen LogP contribution in [-0.4, -0.2) is 24.1 Å². The monoisotopic (exact) mass is 289 g/mol. The van der Waals surface area contributed by atoms with E-state index in [1.165, 1.54) is 38.0 Å². The Labute approximate surface area is 130 Å². The van der Waals surface area contributed by atoms with Crippen molar-refractivity contribution in [3.8, 4) is 0 Å². The molecule has 118 valence electrons. The van der Waals surface area contributed by atoms with E-state index in [2.05, 4.69) is 55.0 Å². The third kappa shape index (κ3) is 4.99. The highest BCUT2D eigenvalue weighted by molar-refractivity contribution is 5.46. The van der Waals surface area contributed by atoms with Gasteiger partial charge >= 0.3 is 0 Å². The van der Waals surface area contributed by atoms with Crippen LogP contribution in [0.5, 0.6) is 0 Å². The van der Waals surface area contributed by atoms with E-state index in [0.29, 0.717) is 6.04 Å². The molecule has 1 aromatic heterocycles. The fraction of sp³-hybridized carbons (Fsp3) is 0.722. The molecule has 0 bridgehead atoms. The van der Waals surface area contributed by atoms with Crippen LogP contribution in [0, 0.1) is 11.8 Å². The molecule has 1 fully saturated rings. The molecule has 0 aliphatic carbocycles. The van der Waals surface area contributed by atoms with Gasteiger partial charge in [0.25, 0.3) is 0 Å². The summed E-state index contributed by atoms with van der Waals surface area (Å²) in [6.07, 6.45) is 5.96. The SMILES string of the molecule is CC(C)NCc1cc(N2CCCC(C(C)C)CC2)ccn1. The molecule has 0 aromatic carbocycles. The second-order valence-corrected chi connectivity index (χ2v) is 6.96. The largest absolute Gasteiger partial charge is 0.371 e. The first-order valence-corrected chi connectivity index (χ1v) is 8.49. The topological polar surface area (TPSA) is 28.2 Å². The normalized spacial score (nSPS) is 20.1. The minimum absolute atomic E-state index is 0.500. The van der Waals surface area contributed by atoms with Gasteiger partial charge < -0.3 is 10.2 Å². The van der Waals surface area contributed by atoms with Crippen LogP contribution in [0.25, 0.3) is 0 Å². The molecule has 1 aliphatic heterocycles. The molecule has 2 rings (SSSR count). The van der Waals surface area contributed by atoms with Crippen LogP contribution in [0.4, 0.5) is 5.69 Å². The molecule has 21 heavy (non-hydrogen) atoms. The third-order valence-corrected chi connectivity index (χ3v) is 4.57. The summed E-state index contributed by atoms with van der Waals surface area (Å²) in [5.74, 6) is 1.70. The van der Waals surface area contributed by atoms with Gasteiger partial charge in [0.1, 0.15) is 0 Å². The van der Waals surface area contributed by atoms with Gasteiger partial charge in [-0.05, 0) is 43.2 Å². The Balaban J connectivity index is 1.99. The Hall–Kier alpha value is -1.09. The maximum Gasteiger partial charge on any atom is 0.0562 e. The van der Waals surface area contributed by atoms with Gasteiger partial charge in [-0.15, -0.1) is 0 Å². The van der Waals surface area contributed by atoms with Gasteiger partial charge in [-0.3, -0.25) is 4.98 Å². The summed E-state index contributed by atoms with van der Waals surface area (Å²) in [4.78, 5) is 7.03. The lowest BCUT2D eigenvalue weighted by molar-refractivity contribution is 0.351. The lowest BCUT2D eigenvalue weighted by Crippen LogP contribution is -2.26. The Kier molecular flexibility index (Phi) is 6.04. The Bertz CT molecular complexity index is 428. The molecule has 1 N–H and O–H groups in total. The first-order chi connectivity index (χ1) is 10.1. The third-order valence-electron chi connectivity index (χ3n) is 4.57. The van der Waals surface area contributed by atoms with Gasteiger partial charge in [0.2, 0.25) is 0 Å². The van der Waals surface area contributed by atoms with Crippen molar-refractivity contribution < 1.29 is 0 Å². The molecule has 3 heteroatoms. The average Bonchev–Trinajstić information content (AvgIpc) is 2.71. The van der Waals surface area contributed by atoms with Crippen LogP contribution in [0.1, 0.15) is 52.7 Å². The molecule has 1 saturated heterocycles. The first-order valence-electron chi connectivity index (χ1n) is 8.49. The number of aromatic nitrogens is 1. The average molecular weight is 289 g/mol. The smallest absolute Gasteiger partial charge is 0.0562 e. The predicted octanol–water partition coefficient (Wildman–Crippen LogP) is 3.84. The van der Waals surface area contributed by atoms with E-state index in [0.717, 1.165) is 24.1 Å². The van der Waals surface area contributed by atoms with Crippen LogP contribution < -0.4 is 10.2 Å². The molecule has 1 unspecified atom stereocenters. The molecule has 1 aliphatic rings. The van der Waals surface area contributed by atoms with Crippen molar-refractivity contribution in [1.29, 1.82) is 0 Å². The summed E-state index contributed by atoms with van der Waals surface area (Å²) in [5, 5.41) is 3.45. The van der Waals surface area contributed by atoms with Crippen molar-refractivity contribution in [2.75, 3.05) is 18.0 Å². The second kappa shape index (κ2) is 7.79. The number of nitrogens with zero attached hydrogens (tertiary/aromatic N) is 2. The minimum atomic E-state index is 0.500. The molecule has 0 amide bonds. The van der Waals surface area contributed by atoms with Crippen LogP contribution in [0.3, 0.4) is 0 Å². The highest BCUT2D eigenvalue weighted by atomic mass is 15.1. The highest BCUT2D eigenvalue weighted by Gasteiger charge is 2.19. The van der Waals surface area contributed by atoms with Crippen LogP contribution in [0.15, 0.2) is 18.3 Å². The molecular formula is C18H31N3. The van der Waals surface area contributed by atoms with Gasteiger partial charge in [-0.1, -0.05) is 27.7 Å². The van der Waals surface area contributed by atoms with Gasteiger partial charge in [0.15, 0.2) is 0 Å². The van der Waals surface area contributed by atoms with E-state index in [-0.39, 0.29) is 0 Å². The van der Waals surface area contributed by atoms with E-state index in [1.807, 2.05) is 6.20 Å². The lowest BCUT2D eigenvalue weighted by Gasteiger charge is -2.24. The summed E-state index contributed by atoms with van der Waals surface area (Å²) in [6, 6.07) is 4.92. The number of rotatable bonds is 5. The van der Waals surface area contributed by atoms with Crippen molar-refractivity contribution >= 4 is 5.69 Å². The number of hydrogen-bond acceptors (Lipinski definition) is 3. The zero-order valence-electron chi connectivity index (χ0n) is 14.1. The highest BCUT2D eigenvalue weighted by Crippen LogP contribution is 2.27. The van der Waals surface area contributed by atoms with Gasteiger partial charge in [0, 0.05) is 37.6 Å². The quantitative estimate of drug-likeness (QED) is 0.892. The fourth-order valence-corrected chi connectivity index (χ4v) is 3.11. The number of anilines is 1. The minimum Gasteiger partial charge on any atom is -0.371 e. The maximum atomic E-state index is 4.48. The van der Waals surface area contributed by atoms with Crippen LogP contribution in [0.2, 0.25) is 0 Å². The molecule has 0 spiro atoms. The van der Waals surface area contributed by atoms with Crippen LogP contribution in [-0.2, 0) is 6.54 Å². The van der Waals surface area contributed by atoms with E-state index < -0.39 is 0 Å². The Morgan fingerprint density at radius 2 is 2.05 bits per heavy atom. The Morgan fingerprint density at radius 3 is 2.76 bits per heavy atom. The summed E-state index contributed by atoms with van der Waals surface area (Å²) >= 11 is 0. The van der Waals surface area contributed by atoms with E-state index in [4.69, 9.17) is 0 Å². The molecule has 0 radical (unpaired) electrons. The second-order valence-electron chi connectivity index (χ2n) is 6.96. The van der Waals surface area contributed by atoms with Gasteiger partial charge in [0.05, 0.1) is 5.69 Å². The van der Waals surface area contributed by atoms with Crippen molar-refractivity contribution in [3.63, 3.8) is 0 Å². The van der Waals surface area contributed by atoms with E-state index in [1.54, 1.807) is 0 Å². The number of nitrogens with one attached hydrogen (secondary N) is 1. The molecule has 1 atom stereocenters. The summed E-state index contributed by atoms with van der Waals surface area (Å²) in [6.45, 7) is 12.3. The van der Waals surface area contributed by atoms with E-state index in [9.17, 15) is 0 Å². The Morgan fingerprint density at radius 1 is 1.24 bits per heavy atom. The van der Waals surface area contributed by atoms with Crippen molar-refractivity contribution in [2.45, 2.75) is 59.5 Å². The fourth-order valence-electron chi connectivity index (χ4n) is 3.11. The standard InChI is InChI=1S/C18H31N3/c1-14(2)16-6-5-10-21(11-8-16)18-7-9-19-17(12-18)13-20-15(3)4/h7,9,12,14-16,20H,5-6,8,10-11,13H2,1-4H3. The molecule has 1 aromatic rings. The van der Waals surface area contributed by atoms with E-state index >= 15 is 0 Å². The first kappa shape index (κ1) is 16.3. The molecule has 2 heterocycles. The number of pyridine rings is 1. The van der Waals surface area contributed by atoms with Crippen molar-refractivity contribution in [1.82, 2.24) is 10.3 Å². The molecule has 0 saturated carbocycles. The summed E-state index contributed by atoms with van der Waals surface area (Å²) < 4.78 is 0. The van der Waals surface area contributed by atoms with Crippen molar-refractivity contribution in [3.05, 3.63) is 24.0 Å². The molecule has 3 nitrogen and oxygen atoms in total. The summed E-state index contributed by atoms with van der Waals surface area (Å²) in [5.41, 5.74) is 2.49. The van der Waals surface area contributed by atoms with Crippen molar-refractivity contribution in [2.24, 2.45) is 11.8 Å². The van der Waals surface area contributed by atoms with Gasteiger partial charge in [-0.25, -0.2) is 0 Å². The van der Waals surface area contributed by atoms with Gasteiger partial charge in [-0.2, -0.15) is 0 Å². The zero-order chi connectivity index (χ0) is 15.2. The maximum absolute atomic E-state index is 4.48. The zero-order valence-corrected chi connectivity index (χ0v) is 14.1. The molecular weight excluding hydrogens is 258 g/mol. The summed E-state index contributed by atoms with van der Waals surface area (Å²) in [7, 11) is 0. The predicted molar refractivity (Wildman–Crippen MR) is 90.6 cm³/mol.